The number of para-hydroxylation sites is 6. The molecule has 1 aliphatic carbocycles. The molecule has 2 aliphatic rings. The van der Waals surface area contributed by atoms with Gasteiger partial charge in [0.25, 0.3) is 0 Å². The molecule has 3 heterocycles. The van der Waals surface area contributed by atoms with Crippen LogP contribution in [0.3, 0.4) is 0 Å². The van der Waals surface area contributed by atoms with Crippen molar-refractivity contribution in [3.05, 3.63) is 332 Å². The molecule has 17 rings (SSSR count). The van der Waals surface area contributed by atoms with Gasteiger partial charge >= 0.3 is 0 Å². The van der Waals surface area contributed by atoms with Gasteiger partial charge in [-0.3, -0.25) is 0 Å². The highest BCUT2D eigenvalue weighted by molar-refractivity contribution is 6.13. The Bertz CT molecular complexity index is 4950. The highest BCUT2D eigenvalue weighted by atomic mass is 15.1. The van der Waals surface area contributed by atoms with Crippen LogP contribution in [0.1, 0.15) is 22.3 Å². The summed E-state index contributed by atoms with van der Waals surface area (Å²) in [7, 11) is 0. The molecule has 1 atom stereocenters. The van der Waals surface area contributed by atoms with E-state index in [1.54, 1.807) is 0 Å². The van der Waals surface area contributed by atoms with Crippen LogP contribution >= 0.6 is 0 Å². The monoisotopic (exact) mass is 1040 g/mol. The van der Waals surface area contributed by atoms with Crippen LogP contribution in [0, 0.1) is 0 Å². The van der Waals surface area contributed by atoms with Crippen LogP contribution in [0.15, 0.2) is 309 Å². The van der Waals surface area contributed by atoms with Crippen molar-refractivity contribution in [3.63, 3.8) is 0 Å². The number of fused-ring (bicyclic) bond motifs is 15. The predicted octanol–water partition coefficient (Wildman–Crippen LogP) is 20.7. The SMILES string of the molecule is c1ccc(-c2ccc(-c3ccccc3N(c3ccc(-c4ccc(-n5c6ccccc6c6ccccc65)cc4)cc3)c3ccc(-c4ccc5c(c4)C4(c6ccccc6-5)c5ccccc5-n5c6ccccc6c6cccc4c65)cc3)cc2)cc1. The molecule has 0 radical (unpaired) electrons. The highest BCUT2D eigenvalue weighted by Gasteiger charge is 2.51. The van der Waals surface area contributed by atoms with E-state index in [0.717, 1.165) is 39.4 Å². The van der Waals surface area contributed by atoms with E-state index in [1.807, 2.05) is 0 Å². The molecule has 0 amide bonds. The molecular weight excluding hydrogens is 991 g/mol. The number of hydrogen-bond donors (Lipinski definition) is 0. The largest absolute Gasteiger partial charge is 0.310 e. The van der Waals surface area contributed by atoms with Gasteiger partial charge in [0.15, 0.2) is 0 Å². The van der Waals surface area contributed by atoms with Crippen LogP contribution in [0.4, 0.5) is 17.1 Å². The standard InChI is InChI=1S/C79H51N3/c1-2-17-52(18-3-1)53-33-35-57(36-34-53)62-19-5-11-28-73(62)80(59-44-37-54(38-45-59)55-39-48-61(49-40-55)81-74-29-12-6-21-65(74)66-22-7-13-30-75(66)81)60-46-41-56(42-47-60)58-43-50-64-63-20-4-9-25-69(63)79(72(64)51-58)70-26-10-15-32-77(70)82-76-31-14-8-23-67(76)68-24-16-27-71(79)78(68)82/h1-51H. The van der Waals surface area contributed by atoms with Crippen molar-refractivity contribution in [2.24, 2.45) is 0 Å². The van der Waals surface area contributed by atoms with Crippen molar-refractivity contribution in [1.82, 2.24) is 9.13 Å². The van der Waals surface area contributed by atoms with Gasteiger partial charge in [-0.2, -0.15) is 0 Å². The van der Waals surface area contributed by atoms with Gasteiger partial charge < -0.3 is 14.0 Å². The molecule has 0 bridgehead atoms. The van der Waals surface area contributed by atoms with Crippen molar-refractivity contribution < 1.29 is 0 Å². The second-order valence-corrected chi connectivity index (χ2v) is 21.9. The Balaban J connectivity index is 0.778. The lowest BCUT2D eigenvalue weighted by Crippen LogP contribution is -2.33. The number of anilines is 3. The number of hydrogen-bond acceptors (Lipinski definition) is 1. The molecule has 382 valence electrons. The lowest BCUT2D eigenvalue weighted by molar-refractivity contribution is 0.749. The third-order valence-electron chi connectivity index (χ3n) is 17.8. The van der Waals surface area contributed by atoms with Crippen LogP contribution in [0.25, 0.3) is 111 Å². The van der Waals surface area contributed by atoms with E-state index in [9.17, 15) is 0 Å². The molecular formula is C79H51N3. The number of benzene rings is 13. The van der Waals surface area contributed by atoms with E-state index < -0.39 is 5.41 Å². The zero-order valence-corrected chi connectivity index (χ0v) is 44.8. The summed E-state index contributed by atoms with van der Waals surface area (Å²) >= 11 is 0. The Morgan fingerprint density at radius 1 is 0.256 bits per heavy atom. The fourth-order valence-electron chi connectivity index (χ4n) is 14.2. The van der Waals surface area contributed by atoms with E-state index in [1.165, 1.54) is 110 Å². The van der Waals surface area contributed by atoms with Crippen molar-refractivity contribution in [2.75, 3.05) is 4.90 Å². The number of rotatable bonds is 8. The molecule has 3 heteroatoms. The molecule has 1 unspecified atom stereocenters. The molecule has 0 saturated heterocycles. The maximum absolute atomic E-state index is 2.52. The van der Waals surface area contributed by atoms with Crippen LogP contribution in [-0.4, -0.2) is 9.13 Å². The van der Waals surface area contributed by atoms with Gasteiger partial charge in [0.05, 0.1) is 38.9 Å². The fraction of sp³-hybridized carbons (Fsp3) is 0.0127. The Morgan fingerprint density at radius 3 is 1.37 bits per heavy atom. The van der Waals surface area contributed by atoms with E-state index in [4.69, 9.17) is 0 Å². The van der Waals surface area contributed by atoms with Crippen molar-refractivity contribution in [2.45, 2.75) is 5.41 Å². The molecule has 82 heavy (non-hydrogen) atoms. The van der Waals surface area contributed by atoms with E-state index in [2.05, 4.69) is 323 Å². The van der Waals surface area contributed by atoms with Crippen LogP contribution in [0.5, 0.6) is 0 Å². The minimum Gasteiger partial charge on any atom is -0.310 e. The summed E-state index contributed by atoms with van der Waals surface area (Å²) in [6.07, 6.45) is 0. The Labute approximate surface area is 476 Å². The van der Waals surface area contributed by atoms with Crippen molar-refractivity contribution in [3.8, 4) is 67.0 Å². The minimum atomic E-state index is -0.525. The quantitative estimate of drug-likeness (QED) is 0.148. The highest BCUT2D eigenvalue weighted by Crippen LogP contribution is 2.61. The second kappa shape index (κ2) is 18.2. The summed E-state index contributed by atoms with van der Waals surface area (Å²) in [5.74, 6) is 0. The molecule has 1 aliphatic heterocycles. The Kier molecular flexibility index (Phi) is 10.2. The first-order chi connectivity index (χ1) is 40.7. The molecule has 0 fully saturated rings. The number of nitrogens with zero attached hydrogens (tertiary/aromatic N) is 3. The summed E-state index contributed by atoms with van der Waals surface area (Å²) < 4.78 is 4.90. The van der Waals surface area contributed by atoms with Crippen LogP contribution < -0.4 is 4.90 Å². The predicted molar refractivity (Wildman–Crippen MR) is 342 cm³/mol. The van der Waals surface area contributed by atoms with Gasteiger partial charge in [-0.25, -0.2) is 0 Å². The minimum absolute atomic E-state index is 0.525. The van der Waals surface area contributed by atoms with Crippen LogP contribution in [-0.2, 0) is 5.41 Å². The first kappa shape index (κ1) is 46.2. The molecule has 15 aromatic rings. The van der Waals surface area contributed by atoms with Gasteiger partial charge in [-0.1, -0.05) is 237 Å². The lowest BCUT2D eigenvalue weighted by Gasteiger charge is -2.39. The number of aromatic nitrogens is 2. The summed E-state index contributed by atoms with van der Waals surface area (Å²) in [5, 5.41) is 5.09. The third-order valence-corrected chi connectivity index (χ3v) is 17.8. The summed E-state index contributed by atoms with van der Waals surface area (Å²) in [5.41, 5.74) is 27.3. The lowest BCUT2D eigenvalue weighted by atomic mass is 9.65. The normalized spacial score (nSPS) is 13.9. The average molecular weight is 1040 g/mol. The smallest absolute Gasteiger partial charge is 0.0754 e. The second-order valence-electron chi connectivity index (χ2n) is 21.9. The van der Waals surface area contributed by atoms with Crippen LogP contribution in [0.2, 0.25) is 0 Å². The van der Waals surface area contributed by atoms with Crippen molar-refractivity contribution >= 4 is 60.7 Å². The van der Waals surface area contributed by atoms with E-state index in [0.29, 0.717) is 0 Å². The van der Waals surface area contributed by atoms with Gasteiger partial charge in [-0.15, -0.1) is 0 Å². The summed E-state index contributed by atoms with van der Waals surface area (Å²) in [6, 6.07) is 115. The van der Waals surface area contributed by atoms with Gasteiger partial charge in [0, 0.05) is 44.2 Å². The first-order valence-electron chi connectivity index (χ1n) is 28.4. The van der Waals surface area contributed by atoms with E-state index >= 15 is 0 Å². The third kappa shape index (κ3) is 6.77. The Hall–Kier alpha value is -10.7. The Morgan fingerprint density at radius 2 is 0.695 bits per heavy atom. The zero-order valence-electron chi connectivity index (χ0n) is 44.8. The maximum Gasteiger partial charge on any atom is 0.0754 e. The van der Waals surface area contributed by atoms with E-state index in [-0.39, 0.29) is 0 Å². The average Bonchev–Trinajstić information content (AvgIpc) is 2.03. The molecule has 0 saturated carbocycles. The van der Waals surface area contributed by atoms with Gasteiger partial charge in [0.2, 0.25) is 0 Å². The summed E-state index contributed by atoms with van der Waals surface area (Å²) in [6.45, 7) is 0. The molecule has 13 aromatic carbocycles. The maximum atomic E-state index is 2.52. The molecule has 0 N–H and O–H groups in total. The summed E-state index contributed by atoms with van der Waals surface area (Å²) in [4.78, 5) is 2.42. The topological polar surface area (TPSA) is 13.1 Å². The molecule has 2 aromatic heterocycles. The molecule has 1 spiro atoms. The van der Waals surface area contributed by atoms with Crippen molar-refractivity contribution in [1.29, 1.82) is 0 Å². The van der Waals surface area contributed by atoms with Gasteiger partial charge in [-0.05, 0) is 145 Å². The van der Waals surface area contributed by atoms with Gasteiger partial charge in [0.1, 0.15) is 0 Å². The molecule has 3 nitrogen and oxygen atoms in total. The zero-order chi connectivity index (χ0) is 53.9. The first-order valence-corrected chi connectivity index (χ1v) is 28.4. The fourth-order valence-corrected chi connectivity index (χ4v) is 14.2.